The summed E-state index contributed by atoms with van der Waals surface area (Å²) in [7, 11) is 0. The largest absolute Gasteiger partial charge is 0.322 e. The molecule has 5 heteroatoms. The van der Waals surface area contributed by atoms with Crippen molar-refractivity contribution in [2.45, 2.75) is 26.7 Å². The summed E-state index contributed by atoms with van der Waals surface area (Å²) in [4.78, 5) is 24.7. The molecule has 0 bridgehead atoms. The smallest absolute Gasteiger partial charge is 0.248 e. The van der Waals surface area contributed by atoms with E-state index >= 15 is 0 Å². The molecule has 1 N–H and O–H groups in total. The van der Waals surface area contributed by atoms with Crippen molar-refractivity contribution in [1.82, 2.24) is 0 Å². The van der Waals surface area contributed by atoms with Crippen molar-refractivity contribution in [2.24, 2.45) is 0 Å². The number of nitrogens with zero attached hydrogens (tertiary/aromatic N) is 1. The van der Waals surface area contributed by atoms with Crippen LogP contribution in [0.5, 0.6) is 0 Å². The Kier molecular flexibility index (Phi) is 4.17. The van der Waals surface area contributed by atoms with Crippen molar-refractivity contribution in [2.75, 3.05) is 16.8 Å². The van der Waals surface area contributed by atoms with E-state index in [2.05, 4.69) is 5.32 Å². The van der Waals surface area contributed by atoms with E-state index in [9.17, 15) is 14.0 Å². The lowest BCUT2D eigenvalue weighted by Crippen LogP contribution is -2.25. The molecule has 0 aromatic heterocycles. The number of carbonyl (C=O) groups is 2. The molecule has 1 aliphatic rings. The number of anilines is 2. The van der Waals surface area contributed by atoms with Gasteiger partial charge in [0, 0.05) is 24.7 Å². The number of hydrogen-bond donors (Lipinski definition) is 1. The number of benzene rings is 1. The number of rotatable bonds is 3. The topological polar surface area (TPSA) is 49.4 Å². The van der Waals surface area contributed by atoms with Gasteiger partial charge in [0.1, 0.15) is 5.82 Å². The average Bonchev–Trinajstić information content (AvgIpc) is 2.77. The molecule has 0 atom stereocenters. The maximum Gasteiger partial charge on any atom is 0.248 e. The fraction of sp³-hybridized carbons (Fsp3) is 0.333. The molecule has 20 heavy (non-hydrogen) atoms. The Morgan fingerprint density at radius 2 is 2.15 bits per heavy atom. The van der Waals surface area contributed by atoms with E-state index in [1.807, 2.05) is 13.8 Å². The predicted octanol–water partition coefficient (Wildman–Crippen LogP) is 2.86. The molecule has 1 fully saturated rings. The van der Waals surface area contributed by atoms with Crippen LogP contribution in [0, 0.1) is 5.82 Å². The highest BCUT2D eigenvalue weighted by atomic mass is 19.1. The zero-order chi connectivity index (χ0) is 14.7. The molecule has 0 aliphatic carbocycles. The summed E-state index contributed by atoms with van der Waals surface area (Å²) in [6.45, 7) is 4.15. The molecule has 1 aliphatic heterocycles. The molecule has 1 aromatic rings. The number of amides is 2. The highest BCUT2D eigenvalue weighted by Crippen LogP contribution is 2.27. The first kappa shape index (κ1) is 14.2. The summed E-state index contributed by atoms with van der Waals surface area (Å²) >= 11 is 0. The van der Waals surface area contributed by atoms with Crippen LogP contribution in [0.1, 0.15) is 26.7 Å². The van der Waals surface area contributed by atoms with Crippen molar-refractivity contribution >= 4 is 23.2 Å². The van der Waals surface area contributed by atoms with Gasteiger partial charge in [0.15, 0.2) is 0 Å². The van der Waals surface area contributed by atoms with E-state index in [-0.39, 0.29) is 17.5 Å². The van der Waals surface area contributed by atoms with E-state index in [1.54, 1.807) is 0 Å². The maximum absolute atomic E-state index is 13.8. The first-order chi connectivity index (χ1) is 9.47. The maximum atomic E-state index is 13.8. The molecule has 2 rings (SSSR count). The summed E-state index contributed by atoms with van der Waals surface area (Å²) in [5.41, 5.74) is 1.57. The Labute approximate surface area is 117 Å². The molecule has 0 spiro atoms. The monoisotopic (exact) mass is 276 g/mol. The molecule has 1 saturated heterocycles. The van der Waals surface area contributed by atoms with Gasteiger partial charge in [-0.2, -0.15) is 0 Å². The van der Waals surface area contributed by atoms with Crippen molar-refractivity contribution in [3.05, 3.63) is 35.7 Å². The molecular formula is C15H17FN2O2. The van der Waals surface area contributed by atoms with Crippen molar-refractivity contribution in [3.63, 3.8) is 0 Å². The van der Waals surface area contributed by atoms with E-state index in [1.165, 1.54) is 29.2 Å². The second-order valence-electron chi connectivity index (χ2n) is 5.03. The van der Waals surface area contributed by atoms with Gasteiger partial charge in [-0.3, -0.25) is 9.59 Å². The Morgan fingerprint density at radius 3 is 2.75 bits per heavy atom. The van der Waals surface area contributed by atoms with Gasteiger partial charge >= 0.3 is 0 Å². The van der Waals surface area contributed by atoms with Crippen molar-refractivity contribution < 1.29 is 14.0 Å². The number of nitrogens with one attached hydrogen (secondary N) is 1. The minimum absolute atomic E-state index is 0.0864. The standard InChI is InChI=1S/C15H17FN2O2/c1-10(2)8-14(19)17-11-5-6-12(16)13(9-11)18-7-3-4-15(18)20/h5-6,8-9H,3-4,7H2,1-2H3,(H,17,19). The van der Waals surface area contributed by atoms with Crippen molar-refractivity contribution in [3.8, 4) is 0 Å². The lowest BCUT2D eigenvalue weighted by Gasteiger charge is -2.17. The normalized spacial score (nSPS) is 14.3. The number of carbonyl (C=O) groups excluding carboxylic acids is 2. The molecule has 0 saturated carbocycles. The summed E-state index contributed by atoms with van der Waals surface area (Å²) in [5, 5.41) is 2.66. The minimum Gasteiger partial charge on any atom is -0.322 e. The van der Waals surface area contributed by atoms with E-state index in [0.717, 1.165) is 12.0 Å². The van der Waals surface area contributed by atoms with Crippen LogP contribution in [0.2, 0.25) is 0 Å². The van der Waals surface area contributed by atoms with Gasteiger partial charge in [0.25, 0.3) is 0 Å². The van der Waals surface area contributed by atoms with Crippen LogP contribution >= 0.6 is 0 Å². The molecular weight excluding hydrogens is 259 g/mol. The zero-order valence-corrected chi connectivity index (χ0v) is 11.6. The second kappa shape index (κ2) is 5.86. The van der Waals surface area contributed by atoms with Gasteiger partial charge in [-0.15, -0.1) is 0 Å². The van der Waals surface area contributed by atoms with Gasteiger partial charge < -0.3 is 10.2 Å². The Bertz CT molecular complexity index is 577. The highest BCUT2D eigenvalue weighted by molar-refractivity contribution is 6.01. The van der Waals surface area contributed by atoms with Crippen LogP contribution < -0.4 is 10.2 Å². The summed E-state index contributed by atoms with van der Waals surface area (Å²) < 4.78 is 13.8. The van der Waals surface area contributed by atoms with Gasteiger partial charge in [0.05, 0.1) is 5.69 Å². The minimum atomic E-state index is -0.458. The first-order valence-electron chi connectivity index (χ1n) is 6.53. The first-order valence-corrected chi connectivity index (χ1v) is 6.53. The van der Waals surface area contributed by atoms with Crippen LogP contribution in [0.4, 0.5) is 15.8 Å². The van der Waals surface area contributed by atoms with Crippen LogP contribution in [-0.4, -0.2) is 18.4 Å². The van der Waals surface area contributed by atoms with E-state index in [4.69, 9.17) is 0 Å². The van der Waals surface area contributed by atoms with Gasteiger partial charge in [-0.1, -0.05) is 5.57 Å². The van der Waals surface area contributed by atoms with Crippen molar-refractivity contribution in [1.29, 1.82) is 0 Å². The number of hydrogen-bond acceptors (Lipinski definition) is 2. The SMILES string of the molecule is CC(C)=CC(=O)Nc1ccc(F)c(N2CCCC2=O)c1. The second-order valence-corrected chi connectivity index (χ2v) is 5.03. The van der Waals surface area contributed by atoms with Crippen LogP contribution in [0.25, 0.3) is 0 Å². The summed E-state index contributed by atoms with van der Waals surface area (Å²) in [6, 6.07) is 4.24. The zero-order valence-electron chi connectivity index (χ0n) is 11.6. The number of halogens is 1. The van der Waals surface area contributed by atoms with Crippen LogP contribution in [-0.2, 0) is 9.59 Å². The van der Waals surface area contributed by atoms with Crippen LogP contribution in [0.15, 0.2) is 29.8 Å². The van der Waals surface area contributed by atoms with Gasteiger partial charge in [-0.25, -0.2) is 4.39 Å². The van der Waals surface area contributed by atoms with E-state index in [0.29, 0.717) is 18.7 Å². The number of allylic oxidation sites excluding steroid dienone is 1. The Hall–Kier alpha value is -2.17. The lowest BCUT2D eigenvalue weighted by atomic mass is 10.2. The average molecular weight is 276 g/mol. The molecule has 0 radical (unpaired) electrons. The molecule has 4 nitrogen and oxygen atoms in total. The van der Waals surface area contributed by atoms with E-state index < -0.39 is 5.82 Å². The third kappa shape index (κ3) is 3.23. The fourth-order valence-corrected chi connectivity index (χ4v) is 2.14. The molecule has 0 unspecified atom stereocenters. The van der Waals surface area contributed by atoms with Gasteiger partial charge in [-0.05, 0) is 38.5 Å². The third-order valence-electron chi connectivity index (χ3n) is 3.00. The highest BCUT2D eigenvalue weighted by Gasteiger charge is 2.24. The molecule has 106 valence electrons. The molecule has 1 aromatic carbocycles. The van der Waals surface area contributed by atoms with Crippen LogP contribution in [0.3, 0.4) is 0 Å². The van der Waals surface area contributed by atoms with Gasteiger partial charge in [0.2, 0.25) is 11.8 Å². The molecule has 2 amide bonds. The molecule has 1 heterocycles. The summed E-state index contributed by atoms with van der Waals surface area (Å²) in [5.74, 6) is -0.813. The Balaban J connectivity index is 2.22. The fourth-order valence-electron chi connectivity index (χ4n) is 2.14. The lowest BCUT2D eigenvalue weighted by molar-refractivity contribution is -0.117. The summed E-state index contributed by atoms with van der Waals surface area (Å²) in [6.07, 6.45) is 2.63. The predicted molar refractivity (Wildman–Crippen MR) is 76.0 cm³/mol. The quantitative estimate of drug-likeness (QED) is 0.863. The Morgan fingerprint density at radius 1 is 1.40 bits per heavy atom. The third-order valence-corrected chi connectivity index (χ3v) is 3.00.